The number of nitrogens with zero attached hydrogens (tertiary/aromatic N) is 2. The Morgan fingerprint density at radius 3 is 2.48 bits per heavy atom. The van der Waals surface area contributed by atoms with Crippen LogP contribution in [0.25, 0.3) is 0 Å². The lowest BCUT2D eigenvalue weighted by molar-refractivity contribution is -0.160. The Kier molecular flexibility index (Phi) is 6.84. The first kappa shape index (κ1) is 26.8. The van der Waals surface area contributed by atoms with Crippen LogP contribution in [-0.2, 0) is 28.1 Å². The minimum atomic E-state index is -4.21. The van der Waals surface area contributed by atoms with E-state index >= 15 is 0 Å². The first-order valence-corrected chi connectivity index (χ1v) is 14.0. The third-order valence-electron chi connectivity index (χ3n) is 8.87. The van der Waals surface area contributed by atoms with Gasteiger partial charge in [0, 0.05) is 31.1 Å². The van der Waals surface area contributed by atoms with Crippen LogP contribution in [0.5, 0.6) is 5.75 Å². The molecule has 1 aliphatic carbocycles. The summed E-state index contributed by atoms with van der Waals surface area (Å²) in [5, 5.41) is 2.31. The van der Waals surface area contributed by atoms with Gasteiger partial charge in [-0.25, -0.2) is 0 Å². The fourth-order valence-corrected chi connectivity index (χ4v) is 6.31. The molecule has 2 atom stereocenters. The predicted octanol–water partition coefficient (Wildman–Crippen LogP) is 4.48. The molecule has 3 heterocycles. The van der Waals surface area contributed by atoms with Crippen LogP contribution in [0.3, 0.4) is 0 Å². The zero-order chi connectivity index (χ0) is 28.1. The quantitative estimate of drug-likeness (QED) is 0.510. The molecule has 1 saturated carbocycles. The van der Waals surface area contributed by atoms with E-state index in [0.717, 1.165) is 36.9 Å². The van der Waals surface area contributed by atoms with Gasteiger partial charge in [-0.2, -0.15) is 13.2 Å². The maximum absolute atomic E-state index is 13.5. The molecule has 10 heteroatoms. The van der Waals surface area contributed by atoms with Crippen molar-refractivity contribution in [2.24, 2.45) is 0 Å². The number of fused-ring (bicyclic) bond motifs is 1. The van der Waals surface area contributed by atoms with Gasteiger partial charge in [0.1, 0.15) is 18.4 Å². The van der Waals surface area contributed by atoms with Crippen molar-refractivity contribution < 1.29 is 32.3 Å². The van der Waals surface area contributed by atoms with Crippen LogP contribution in [0.4, 0.5) is 13.2 Å². The van der Waals surface area contributed by atoms with Gasteiger partial charge in [-0.1, -0.05) is 30.7 Å². The number of likely N-dealkylation sites (tertiary alicyclic amines) is 1. The molecule has 7 nitrogen and oxygen atoms in total. The summed E-state index contributed by atoms with van der Waals surface area (Å²) in [6.07, 6.45) is -0.265. The van der Waals surface area contributed by atoms with Crippen molar-refractivity contribution in [3.8, 4) is 5.75 Å². The van der Waals surface area contributed by atoms with Gasteiger partial charge in [-0.05, 0) is 73.5 Å². The van der Waals surface area contributed by atoms with Gasteiger partial charge >= 0.3 is 6.18 Å². The summed E-state index contributed by atoms with van der Waals surface area (Å²) in [5.74, 6) is -0.326. The summed E-state index contributed by atoms with van der Waals surface area (Å²) in [6.45, 7) is 2.28. The number of rotatable bonds is 7. The Morgan fingerprint density at radius 1 is 1.00 bits per heavy atom. The molecule has 1 unspecified atom stereocenters. The van der Waals surface area contributed by atoms with E-state index in [4.69, 9.17) is 4.74 Å². The number of halogens is 3. The number of carbonyl (C=O) groups is 3. The summed E-state index contributed by atoms with van der Waals surface area (Å²) in [6, 6.07) is 11.8. The summed E-state index contributed by atoms with van der Waals surface area (Å²) >= 11 is 0. The fraction of sp³-hybridized carbons (Fsp3) is 0.500. The van der Waals surface area contributed by atoms with Crippen molar-refractivity contribution in [2.45, 2.75) is 81.7 Å². The Hall–Kier alpha value is -3.40. The van der Waals surface area contributed by atoms with Crippen molar-refractivity contribution in [3.05, 3.63) is 64.7 Å². The Bertz CT molecular complexity index is 1320. The highest BCUT2D eigenvalue weighted by Crippen LogP contribution is 2.58. The number of amides is 3. The molecule has 2 saturated heterocycles. The smallest absolute Gasteiger partial charge is 0.398 e. The van der Waals surface area contributed by atoms with Crippen LogP contribution >= 0.6 is 0 Å². The minimum Gasteiger partial charge on any atom is -0.492 e. The highest BCUT2D eigenvalue weighted by molar-refractivity contribution is 6.05. The summed E-state index contributed by atoms with van der Waals surface area (Å²) in [7, 11) is 0. The van der Waals surface area contributed by atoms with Crippen molar-refractivity contribution in [1.82, 2.24) is 15.1 Å². The number of hydrogen-bond donors (Lipinski definition) is 1. The normalized spacial score (nSPS) is 24.6. The van der Waals surface area contributed by atoms with E-state index in [1.807, 2.05) is 18.2 Å². The number of carbonyl (C=O) groups excluding carboxylic acids is 3. The highest BCUT2D eigenvalue weighted by Gasteiger charge is 2.64. The Morgan fingerprint density at radius 2 is 1.77 bits per heavy atom. The third kappa shape index (κ3) is 4.98. The summed E-state index contributed by atoms with van der Waals surface area (Å²) in [4.78, 5) is 40.6. The maximum atomic E-state index is 13.5. The van der Waals surface area contributed by atoms with E-state index in [-0.39, 0.29) is 37.1 Å². The molecule has 4 aliphatic rings. The zero-order valence-corrected chi connectivity index (χ0v) is 22.1. The molecule has 40 heavy (non-hydrogen) atoms. The summed E-state index contributed by atoms with van der Waals surface area (Å²) in [5.41, 5.74) is 1.01. The molecular formula is C30H32F3N3O4. The van der Waals surface area contributed by atoms with Gasteiger partial charge in [0.05, 0.1) is 5.41 Å². The minimum absolute atomic E-state index is 0.160. The maximum Gasteiger partial charge on any atom is 0.398 e. The van der Waals surface area contributed by atoms with Crippen LogP contribution in [0, 0.1) is 0 Å². The first-order chi connectivity index (χ1) is 19.1. The van der Waals surface area contributed by atoms with E-state index < -0.39 is 23.5 Å². The van der Waals surface area contributed by atoms with Crippen LogP contribution in [0.15, 0.2) is 42.5 Å². The standard InChI is InChI=1S/C30H32F3N3O4/c31-30(32,33)29(12-13-29)21-6-4-19(5-7-21)16-35-14-2-1-3-22(35)18-40-23-8-9-24-20(15-23)17-36(28(24)39)25-10-11-26(37)34-27(25)38/h4-9,15,22,25H,1-3,10-14,16-18H2,(H,34,37,38)/t22-,25?/m1/s1. The summed E-state index contributed by atoms with van der Waals surface area (Å²) < 4.78 is 46.6. The Balaban J connectivity index is 1.08. The molecule has 0 aromatic heterocycles. The molecule has 2 aromatic rings. The van der Waals surface area contributed by atoms with E-state index in [2.05, 4.69) is 10.2 Å². The molecule has 3 amide bonds. The third-order valence-corrected chi connectivity index (χ3v) is 8.87. The predicted molar refractivity (Wildman–Crippen MR) is 139 cm³/mol. The number of piperidine rings is 2. The van der Waals surface area contributed by atoms with Crippen LogP contribution < -0.4 is 10.1 Å². The van der Waals surface area contributed by atoms with Gasteiger partial charge in [-0.3, -0.25) is 24.6 Å². The molecular weight excluding hydrogens is 523 g/mol. The van der Waals surface area contributed by atoms with Crippen LogP contribution in [0.2, 0.25) is 0 Å². The lowest BCUT2D eigenvalue weighted by atomic mass is 9.94. The second-order valence-electron chi connectivity index (χ2n) is 11.4. The van der Waals surface area contributed by atoms with Crippen molar-refractivity contribution in [2.75, 3.05) is 13.2 Å². The van der Waals surface area contributed by atoms with Crippen molar-refractivity contribution >= 4 is 17.7 Å². The average Bonchev–Trinajstić information content (AvgIpc) is 3.69. The van der Waals surface area contributed by atoms with Crippen LogP contribution in [-0.4, -0.2) is 58.9 Å². The number of hydrogen-bond acceptors (Lipinski definition) is 5. The molecule has 1 N–H and O–H groups in total. The Labute approximate surface area is 230 Å². The largest absolute Gasteiger partial charge is 0.492 e. The average molecular weight is 556 g/mol. The number of benzene rings is 2. The van der Waals surface area contributed by atoms with Gasteiger partial charge in [0.2, 0.25) is 11.8 Å². The second kappa shape index (κ2) is 10.2. The molecule has 0 bridgehead atoms. The zero-order valence-electron chi connectivity index (χ0n) is 22.1. The molecule has 3 aliphatic heterocycles. The first-order valence-electron chi connectivity index (χ1n) is 14.0. The number of alkyl halides is 3. The molecule has 6 rings (SSSR count). The number of nitrogens with one attached hydrogen (secondary N) is 1. The highest BCUT2D eigenvalue weighted by atomic mass is 19.4. The van der Waals surface area contributed by atoms with E-state index in [9.17, 15) is 27.6 Å². The van der Waals surface area contributed by atoms with E-state index in [1.54, 1.807) is 24.3 Å². The topological polar surface area (TPSA) is 79.0 Å². The monoisotopic (exact) mass is 555 g/mol. The molecule has 2 aromatic carbocycles. The van der Waals surface area contributed by atoms with Gasteiger partial charge in [0.25, 0.3) is 5.91 Å². The molecule has 212 valence electrons. The molecule has 0 radical (unpaired) electrons. The lowest BCUT2D eigenvalue weighted by Crippen LogP contribution is -2.52. The second-order valence-corrected chi connectivity index (χ2v) is 11.4. The van der Waals surface area contributed by atoms with Gasteiger partial charge in [0.15, 0.2) is 0 Å². The molecule has 3 fully saturated rings. The van der Waals surface area contributed by atoms with E-state index in [1.165, 1.54) is 4.90 Å². The van der Waals surface area contributed by atoms with Gasteiger partial charge in [-0.15, -0.1) is 0 Å². The lowest BCUT2D eigenvalue weighted by Gasteiger charge is -2.35. The van der Waals surface area contributed by atoms with Crippen LogP contribution in [0.1, 0.15) is 72.0 Å². The van der Waals surface area contributed by atoms with Gasteiger partial charge < -0.3 is 9.64 Å². The number of imide groups is 1. The van der Waals surface area contributed by atoms with E-state index in [0.29, 0.717) is 43.0 Å². The molecule has 0 spiro atoms. The SMILES string of the molecule is O=C1CCC(N2Cc3cc(OC[C@H]4CCCCN4Cc4ccc(C5(C(F)(F)F)CC5)cc4)ccc3C2=O)C(=O)N1. The fourth-order valence-electron chi connectivity index (χ4n) is 6.31. The van der Waals surface area contributed by atoms with Crippen molar-refractivity contribution in [3.63, 3.8) is 0 Å². The van der Waals surface area contributed by atoms with Crippen molar-refractivity contribution in [1.29, 1.82) is 0 Å². The number of ether oxygens (including phenoxy) is 1.